The Balaban J connectivity index is 1.68. The second kappa shape index (κ2) is 7.20. The summed E-state index contributed by atoms with van der Waals surface area (Å²) in [6.07, 6.45) is 2.13. The summed E-state index contributed by atoms with van der Waals surface area (Å²) in [6, 6.07) is 8.90. The minimum Gasteiger partial charge on any atom is -0.493 e. The zero-order chi connectivity index (χ0) is 19.8. The van der Waals surface area contributed by atoms with E-state index in [2.05, 4.69) is 4.98 Å². The highest BCUT2D eigenvalue weighted by atomic mass is 35.5. The maximum atomic E-state index is 13.1. The second-order valence-corrected chi connectivity index (χ2v) is 7.05. The third-order valence-corrected chi connectivity index (χ3v) is 5.41. The van der Waals surface area contributed by atoms with Crippen LogP contribution < -0.4 is 14.9 Å². The number of H-pyrrole nitrogens is 1. The molecule has 7 heteroatoms. The topological polar surface area (TPSA) is 71.6 Å². The van der Waals surface area contributed by atoms with Crippen molar-refractivity contribution in [1.82, 2.24) is 9.88 Å². The molecule has 0 spiro atoms. The first kappa shape index (κ1) is 18.4. The predicted molar refractivity (Wildman–Crippen MR) is 108 cm³/mol. The smallest absolute Gasteiger partial charge is 0.259 e. The SMILES string of the molecule is COc1cc2c(cc1OC)CN(C(=O)c1c[nH]c3c(Cl)cccc3c1=O)CC2. The number of pyridine rings is 1. The lowest BCUT2D eigenvalue weighted by Gasteiger charge is -2.29. The molecule has 1 aromatic heterocycles. The van der Waals surface area contributed by atoms with Crippen LogP contribution in [0.5, 0.6) is 11.5 Å². The van der Waals surface area contributed by atoms with E-state index in [1.54, 1.807) is 37.3 Å². The zero-order valence-electron chi connectivity index (χ0n) is 15.5. The Morgan fingerprint density at radius 1 is 1.14 bits per heavy atom. The Kier molecular flexibility index (Phi) is 4.73. The number of methoxy groups -OCH3 is 2. The molecule has 0 unspecified atom stereocenters. The number of carbonyl (C=O) groups excluding carboxylic acids is 1. The molecule has 0 radical (unpaired) electrons. The highest BCUT2D eigenvalue weighted by molar-refractivity contribution is 6.35. The summed E-state index contributed by atoms with van der Waals surface area (Å²) >= 11 is 6.13. The monoisotopic (exact) mass is 398 g/mol. The number of aromatic nitrogens is 1. The summed E-state index contributed by atoms with van der Waals surface area (Å²) in [5.74, 6) is 0.987. The zero-order valence-corrected chi connectivity index (χ0v) is 16.3. The van der Waals surface area contributed by atoms with Gasteiger partial charge in [-0.05, 0) is 41.8 Å². The van der Waals surface area contributed by atoms with E-state index >= 15 is 0 Å². The second-order valence-electron chi connectivity index (χ2n) is 6.65. The summed E-state index contributed by atoms with van der Waals surface area (Å²) in [5.41, 5.74) is 2.42. The Bertz CT molecular complexity index is 1140. The van der Waals surface area contributed by atoms with Gasteiger partial charge in [-0.3, -0.25) is 9.59 Å². The molecule has 1 N–H and O–H groups in total. The lowest BCUT2D eigenvalue weighted by Crippen LogP contribution is -2.38. The van der Waals surface area contributed by atoms with Gasteiger partial charge in [0.15, 0.2) is 11.5 Å². The van der Waals surface area contributed by atoms with Crippen molar-refractivity contribution in [3.8, 4) is 11.5 Å². The van der Waals surface area contributed by atoms with Crippen molar-refractivity contribution in [2.24, 2.45) is 0 Å². The van der Waals surface area contributed by atoms with E-state index < -0.39 is 0 Å². The number of fused-ring (bicyclic) bond motifs is 2. The van der Waals surface area contributed by atoms with Crippen LogP contribution in [0.2, 0.25) is 5.02 Å². The van der Waals surface area contributed by atoms with Crippen LogP contribution in [-0.4, -0.2) is 36.6 Å². The van der Waals surface area contributed by atoms with Crippen molar-refractivity contribution in [1.29, 1.82) is 0 Å². The molecule has 0 aliphatic carbocycles. The van der Waals surface area contributed by atoms with Crippen LogP contribution in [0.25, 0.3) is 10.9 Å². The molecule has 0 saturated heterocycles. The van der Waals surface area contributed by atoms with Gasteiger partial charge in [0.05, 0.1) is 24.8 Å². The minimum absolute atomic E-state index is 0.110. The molecule has 6 nitrogen and oxygen atoms in total. The number of nitrogens with zero attached hydrogens (tertiary/aromatic N) is 1. The maximum absolute atomic E-state index is 13.1. The van der Waals surface area contributed by atoms with E-state index in [1.807, 2.05) is 12.1 Å². The molecule has 1 amide bonds. The van der Waals surface area contributed by atoms with Gasteiger partial charge in [0.25, 0.3) is 5.91 Å². The molecule has 2 heterocycles. The molecule has 0 fully saturated rings. The number of aromatic amines is 1. The van der Waals surface area contributed by atoms with Crippen LogP contribution in [0.4, 0.5) is 0 Å². The first-order valence-electron chi connectivity index (χ1n) is 8.86. The Hall–Kier alpha value is -2.99. The van der Waals surface area contributed by atoms with Crippen molar-refractivity contribution in [2.75, 3.05) is 20.8 Å². The van der Waals surface area contributed by atoms with Crippen LogP contribution in [0.15, 0.2) is 41.3 Å². The van der Waals surface area contributed by atoms with Crippen LogP contribution >= 0.6 is 11.6 Å². The van der Waals surface area contributed by atoms with Crippen LogP contribution in [0, 0.1) is 0 Å². The first-order valence-corrected chi connectivity index (χ1v) is 9.24. The fourth-order valence-corrected chi connectivity index (χ4v) is 3.83. The molecule has 2 aromatic carbocycles. The Labute approximate surface area is 166 Å². The quantitative estimate of drug-likeness (QED) is 0.734. The number of halogens is 1. The largest absolute Gasteiger partial charge is 0.493 e. The van der Waals surface area contributed by atoms with Crippen LogP contribution in [-0.2, 0) is 13.0 Å². The molecule has 4 rings (SSSR count). The van der Waals surface area contributed by atoms with Crippen molar-refractivity contribution in [2.45, 2.75) is 13.0 Å². The first-order chi connectivity index (χ1) is 13.5. The average Bonchev–Trinajstić information content (AvgIpc) is 2.72. The van der Waals surface area contributed by atoms with Gasteiger partial charge < -0.3 is 19.4 Å². The molecule has 28 heavy (non-hydrogen) atoms. The number of amides is 1. The summed E-state index contributed by atoms with van der Waals surface area (Å²) in [4.78, 5) is 30.5. The predicted octanol–water partition coefficient (Wildman–Crippen LogP) is 3.40. The number of carbonyl (C=O) groups is 1. The molecule has 1 aliphatic rings. The van der Waals surface area contributed by atoms with E-state index in [1.165, 1.54) is 6.20 Å². The van der Waals surface area contributed by atoms with E-state index in [4.69, 9.17) is 21.1 Å². The summed E-state index contributed by atoms with van der Waals surface area (Å²) in [5, 5.41) is 0.851. The Morgan fingerprint density at radius 3 is 2.57 bits per heavy atom. The highest BCUT2D eigenvalue weighted by Crippen LogP contribution is 2.33. The third kappa shape index (κ3) is 2.99. The van der Waals surface area contributed by atoms with E-state index in [0.717, 1.165) is 11.1 Å². The maximum Gasteiger partial charge on any atom is 0.259 e. The molecule has 0 bridgehead atoms. The lowest BCUT2D eigenvalue weighted by molar-refractivity contribution is 0.0733. The molecule has 0 atom stereocenters. The number of rotatable bonds is 3. The number of hydrogen-bond donors (Lipinski definition) is 1. The van der Waals surface area contributed by atoms with E-state index in [-0.39, 0.29) is 16.9 Å². The normalized spacial score (nSPS) is 13.3. The molecule has 3 aromatic rings. The van der Waals surface area contributed by atoms with Gasteiger partial charge in [0, 0.05) is 24.7 Å². The van der Waals surface area contributed by atoms with Crippen LogP contribution in [0.3, 0.4) is 0 Å². The molecular weight excluding hydrogens is 380 g/mol. The van der Waals surface area contributed by atoms with E-state index in [0.29, 0.717) is 46.9 Å². The number of hydrogen-bond acceptors (Lipinski definition) is 4. The van der Waals surface area contributed by atoms with Gasteiger partial charge in [-0.25, -0.2) is 0 Å². The minimum atomic E-state index is -0.320. The van der Waals surface area contributed by atoms with Gasteiger partial charge in [-0.15, -0.1) is 0 Å². The van der Waals surface area contributed by atoms with Crippen molar-refractivity contribution in [3.05, 3.63) is 68.5 Å². The van der Waals surface area contributed by atoms with Gasteiger partial charge in [0.2, 0.25) is 5.43 Å². The van der Waals surface area contributed by atoms with Gasteiger partial charge in [-0.1, -0.05) is 17.7 Å². The number of benzene rings is 2. The standard InChI is InChI=1S/C21H19ClN2O4/c1-27-17-8-12-6-7-24(11-13(12)9-18(17)28-2)21(26)15-10-23-19-14(20(15)25)4-3-5-16(19)22/h3-5,8-10H,6-7,11H2,1-2H3,(H,23,25). The van der Waals surface area contributed by atoms with Gasteiger partial charge in [0.1, 0.15) is 5.56 Å². The highest BCUT2D eigenvalue weighted by Gasteiger charge is 2.25. The summed E-state index contributed by atoms with van der Waals surface area (Å²) < 4.78 is 10.7. The van der Waals surface area contributed by atoms with Crippen LogP contribution in [0.1, 0.15) is 21.5 Å². The molecule has 1 aliphatic heterocycles. The number of ether oxygens (including phenoxy) is 2. The fourth-order valence-electron chi connectivity index (χ4n) is 3.60. The lowest BCUT2D eigenvalue weighted by atomic mass is 9.98. The average molecular weight is 399 g/mol. The third-order valence-electron chi connectivity index (χ3n) is 5.10. The van der Waals surface area contributed by atoms with Crippen molar-refractivity contribution in [3.63, 3.8) is 0 Å². The van der Waals surface area contributed by atoms with Gasteiger partial charge in [-0.2, -0.15) is 0 Å². The summed E-state index contributed by atoms with van der Waals surface area (Å²) in [6.45, 7) is 0.926. The molecular formula is C21H19ClN2O4. The fraction of sp³-hybridized carbons (Fsp3) is 0.238. The van der Waals surface area contributed by atoms with Crippen molar-refractivity contribution < 1.29 is 14.3 Å². The molecule has 0 saturated carbocycles. The van der Waals surface area contributed by atoms with E-state index in [9.17, 15) is 9.59 Å². The Morgan fingerprint density at radius 2 is 1.86 bits per heavy atom. The number of nitrogens with one attached hydrogen (secondary N) is 1. The summed E-state index contributed by atoms with van der Waals surface area (Å²) in [7, 11) is 3.18. The van der Waals surface area contributed by atoms with Crippen molar-refractivity contribution >= 4 is 28.4 Å². The molecule has 144 valence electrons. The van der Waals surface area contributed by atoms with Gasteiger partial charge >= 0.3 is 0 Å². The number of para-hydroxylation sites is 1.